The number of aliphatic hydroxyl groups is 1. The molecule has 0 saturated heterocycles. The summed E-state index contributed by atoms with van der Waals surface area (Å²) in [4.78, 5) is 73.0. The highest BCUT2D eigenvalue weighted by atomic mass is 31.2. The first-order valence-corrected chi connectivity index (χ1v) is 45.4. The number of unbranched alkanes of at least 4 members (excludes halogenated alkanes) is 47. The second kappa shape index (κ2) is 72.3. The van der Waals surface area contributed by atoms with Crippen molar-refractivity contribution in [3.63, 3.8) is 0 Å². The number of hydrogen-bond donors (Lipinski definition) is 3. The summed E-state index contributed by atoms with van der Waals surface area (Å²) >= 11 is 0. The monoisotopic (exact) mass is 1480 g/mol. The van der Waals surface area contributed by atoms with Crippen molar-refractivity contribution in [2.45, 2.75) is 446 Å². The highest BCUT2D eigenvalue weighted by molar-refractivity contribution is 7.47. The van der Waals surface area contributed by atoms with Crippen LogP contribution < -0.4 is 0 Å². The maximum Gasteiger partial charge on any atom is 0.472 e. The molecular weight excluding hydrogens is 1320 g/mol. The Bertz CT molecular complexity index is 1960. The molecule has 0 aromatic carbocycles. The molecule has 17 nitrogen and oxygen atoms in total. The molecule has 0 aliphatic carbocycles. The molecule has 0 heterocycles. The van der Waals surface area contributed by atoms with Crippen molar-refractivity contribution in [1.29, 1.82) is 0 Å². The number of phosphoric acid groups is 2. The van der Waals surface area contributed by atoms with Crippen LogP contribution in [0.2, 0.25) is 0 Å². The van der Waals surface area contributed by atoms with E-state index in [0.717, 1.165) is 114 Å². The second-order valence-electron chi connectivity index (χ2n) is 30.7. The number of phosphoric ester groups is 2. The van der Waals surface area contributed by atoms with Gasteiger partial charge in [0.15, 0.2) is 12.2 Å². The van der Waals surface area contributed by atoms with Crippen LogP contribution >= 0.6 is 15.6 Å². The van der Waals surface area contributed by atoms with E-state index in [0.29, 0.717) is 25.7 Å². The van der Waals surface area contributed by atoms with E-state index in [-0.39, 0.29) is 25.7 Å². The van der Waals surface area contributed by atoms with Gasteiger partial charge >= 0.3 is 39.5 Å². The molecule has 3 unspecified atom stereocenters. The number of carbonyl (C=O) groups excluding carboxylic acids is 4. The summed E-state index contributed by atoms with van der Waals surface area (Å²) in [5.41, 5.74) is 0. The van der Waals surface area contributed by atoms with Crippen LogP contribution in [0.1, 0.15) is 427 Å². The first-order chi connectivity index (χ1) is 48.8. The number of ether oxygens (including phenoxy) is 4. The van der Waals surface area contributed by atoms with Gasteiger partial charge in [0, 0.05) is 25.7 Å². The van der Waals surface area contributed by atoms with Crippen LogP contribution in [0.15, 0.2) is 0 Å². The van der Waals surface area contributed by atoms with E-state index < -0.39 is 97.5 Å². The third kappa shape index (κ3) is 74.7. The largest absolute Gasteiger partial charge is 0.472 e. The standard InChI is InChI=1S/C82H160O17P2/c1-8-10-11-12-13-14-15-16-17-18-19-23-26-29-32-35-41-49-56-63-79(84)92-69-77(98-81(86)65-58-51-42-36-33-30-27-24-21-20-22-25-28-31-34-39-46-53-60-73(3)4)71-96-100(88,89)94-67-76(83)68-95-101(90,91)97-72-78(70-93-80(85)64-57-50-45-44-48-55-62-75(7)9-2)99-82(87)66-59-52-43-38-37-40-47-54-61-74(5)6/h73-78,83H,8-72H2,1-7H3,(H,88,89)(H,90,91)/t75?,76-,77-,78-/m1/s1. The molecule has 0 spiro atoms. The molecule has 0 aromatic rings. The Labute approximate surface area is 619 Å². The summed E-state index contributed by atoms with van der Waals surface area (Å²) in [6.45, 7) is 11.9. The quantitative estimate of drug-likeness (QED) is 0.0222. The van der Waals surface area contributed by atoms with Gasteiger partial charge in [0.2, 0.25) is 0 Å². The molecule has 0 rings (SSSR count). The van der Waals surface area contributed by atoms with E-state index in [1.165, 1.54) is 231 Å². The number of aliphatic hydroxyl groups excluding tert-OH is 1. The van der Waals surface area contributed by atoms with Crippen molar-refractivity contribution < 1.29 is 80.2 Å². The smallest absolute Gasteiger partial charge is 0.462 e. The van der Waals surface area contributed by atoms with Crippen molar-refractivity contribution in [1.82, 2.24) is 0 Å². The SMILES string of the molecule is CCCCCCCCCCCCCCCCCCCCCC(=O)OC[C@H](COP(=O)(O)OC[C@@H](O)COP(=O)(O)OC[C@@H](COC(=O)CCCCCCCCC(C)CC)OC(=O)CCCCCCCCCCC(C)C)OC(=O)CCCCCCCCCCCCCCCCCCCCC(C)C. The topological polar surface area (TPSA) is 237 Å². The van der Waals surface area contributed by atoms with Crippen molar-refractivity contribution in [3.05, 3.63) is 0 Å². The molecule has 0 amide bonds. The molecule has 0 saturated carbocycles. The molecule has 19 heteroatoms. The molecule has 0 aliphatic heterocycles. The minimum absolute atomic E-state index is 0.104. The van der Waals surface area contributed by atoms with E-state index >= 15 is 0 Å². The van der Waals surface area contributed by atoms with Crippen molar-refractivity contribution >= 4 is 39.5 Å². The lowest BCUT2D eigenvalue weighted by Gasteiger charge is -2.21. The number of esters is 4. The van der Waals surface area contributed by atoms with Gasteiger partial charge in [-0.3, -0.25) is 37.3 Å². The third-order valence-corrected chi connectivity index (χ3v) is 21.4. The van der Waals surface area contributed by atoms with E-state index in [1.807, 2.05) is 0 Å². The third-order valence-electron chi connectivity index (χ3n) is 19.5. The Morgan fingerprint density at radius 3 is 0.752 bits per heavy atom. The highest BCUT2D eigenvalue weighted by Gasteiger charge is 2.30. The van der Waals surface area contributed by atoms with Crippen LogP contribution in [0.25, 0.3) is 0 Å². The van der Waals surface area contributed by atoms with Crippen LogP contribution in [0.5, 0.6) is 0 Å². The van der Waals surface area contributed by atoms with E-state index in [4.69, 9.17) is 37.0 Å². The van der Waals surface area contributed by atoms with Gasteiger partial charge < -0.3 is 33.8 Å². The summed E-state index contributed by atoms with van der Waals surface area (Å²) in [5.74, 6) is 0.155. The first kappa shape index (κ1) is 99.1. The molecule has 0 radical (unpaired) electrons. The molecule has 0 aliphatic rings. The fourth-order valence-electron chi connectivity index (χ4n) is 12.6. The Hall–Kier alpha value is -1.94. The van der Waals surface area contributed by atoms with Crippen molar-refractivity contribution in [3.8, 4) is 0 Å². The lowest BCUT2D eigenvalue weighted by Crippen LogP contribution is -2.30. The average molecular weight is 1480 g/mol. The fraction of sp³-hybridized carbons (Fsp3) is 0.951. The average Bonchev–Trinajstić information content (AvgIpc) is 0.939. The molecular formula is C82H160O17P2. The van der Waals surface area contributed by atoms with E-state index in [1.54, 1.807) is 0 Å². The molecule has 0 bridgehead atoms. The summed E-state index contributed by atoms with van der Waals surface area (Å²) in [6, 6.07) is 0. The first-order valence-electron chi connectivity index (χ1n) is 42.4. The number of rotatable bonds is 80. The lowest BCUT2D eigenvalue weighted by atomic mass is 10.00. The summed E-state index contributed by atoms with van der Waals surface area (Å²) in [6.07, 6.45) is 61.3. The van der Waals surface area contributed by atoms with Gasteiger partial charge in [-0.15, -0.1) is 0 Å². The van der Waals surface area contributed by atoms with Crippen LogP contribution in [-0.4, -0.2) is 96.7 Å². The van der Waals surface area contributed by atoms with Crippen LogP contribution in [0.3, 0.4) is 0 Å². The predicted molar refractivity (Wildman–Crippen MR) is 414 cm³/mol. The van der Waals surface area contributed by atoms with E-state index in [9.17, 15) is 43.2 Å². The number of hydrogen-bond acceptors (Lipinski definition) is 15. The molecule has 3 N–H and O–H groups in total. The second-order valence-corrected chi connectivity index (χ2v) is 33.6. The van der Waals surface area contributed by atoms with Gasteiger partial charge in [0.05, 0.1) is 26.4 Å². The van der Waals surface area contributed by atoms with Gasteiger partial charge in [-0.25, -0.2) is 9.13 Å². The molecule has 0 aromatic heterocycles. The van der Waals surface area contributed by atoms with Gasteiger partial charge in [-0.2, -0.15) is 0 Å². The zero-order valence-electron chi connectivity index (χ0n) is 66.4. The Morgan fingerprint density at radius 1 is 0.287 bits per heavy atom. The van der Waals surface area contributed by atoms with Gasteiger partial charge in [0.1, 0.15) is 19.3 Å². The maximum atomic E-state index is 13.1. The van der Waals surface area contributed by atoms with E-state index in [2.05, 4.69) is 48.5 Å². The molecule has 6 atom stereocenters. The Balaban J connectivity index is 5.20. The molecule has 600 valence electrons. The normalized spacial score (nSPS) is 14.2. The van der Waals surface area contributed by atoms with Crippen LogP contribution in [0, 0.1) is 17.8 Å². The molecule has 0 fully saturated rings. The maximum absolute atomic E-state index is 13.1. The van der Waals surface area contributed by atoms with Gasteiger partial charge in [0.25, 0.3) is 0 Å². The Kier molecular flexibility index (Phi) is 70.9. The zero-order valence-corrected chi connectivity index (χ0v) is 68.2. The Morgan fingerprint density at radius 2 is 0.505 bits per heavy atom. The minimum Gasteiger partial charge on any atom is -0.462 e. The van der Waals surface area contributed by atoms with Crippen molar-refractivity contribution in [2.24, 2.45) is 17.8 Å². The van der Waals surface area contributed by atoms with Crippen molar-refractivity contribution in [2.75, 3.05) is 39.6 Å². The fourth-order valence-corrected chi connectivity index (χ4v) is 14.2. The predicted octanol–water partition coefficient (Wildman–Crippen LogP) is 24.5. The van der Waals surface area contributed by atoms with Crippen LogP contribution in [0.4, 0.5) is 0 Å². The summed E-state index contributed by atoms with van der Waals surface area (Å²) in [5, 5.41) is 10.6. The summed E-state index contributed by atoms with van der Waals surface area (Å²) < 4.78 is 68.7. The van der Waals surface area contributed by atoms with Gasteiger partial charge in [-0.1, -0.05) is 376 Å². The lowest BCUT2D eigenvalue weighted by molar-refractivity contribution is -0.161. The number of carbonyl (C=O) groups is 4. The highest BCUT2D eigenvalue weighted by Crippen LogP contribution is 2.45. The minimum atomic E-state index is -4.96. The summed E-state index contributed by atoms with van der Waals surface area (Å²) in [7, 11) is -9.92. The molecule has 101 heavy (non-hydrogen) atoms. The zero-order chi connectivity index (χ0) is 74.4. The van der Waals surface area contributed by atoms with Crippen LogP contribution in [-0.2, 0) is 65.4 Å². The van der Waals surface area contributed by atoms with Gasteiger partial charge in [-0.05, 0) is 43.4 Å².